The van der Waals surface area contributed by atoms with Gasteiger partial charge in [-0.25, -0.2) is 0 Å². The summed E-state index contributed by atoms with van der Waals surface area (Å²) in [6, 6.07) is 3.59. The van der Waals surface area contributed by atoms with Crippen molar-refractivity contribution in [2.45, 2.75) is 19.6 Å². The lowest BCUT2D eigenvalue weighted by atomic mass is 10.2. The second-order valence-corrected chi connectivity index (χ2v) is 3.89. The van der Waals surface area contributed by atoms with Crippen LogP contribution >= 0.6 is 0 Å². The maximum atomic E-state index is 11.6. The number of rotatable bonds is 2. The predicted molar refractivity (Wildman–Crippen MR) is 58.0 cm³/mol. The van der Waals surface area contributed by atoms with Crippen LogP contribution in [-0.4, -0.2) is 30.4 Å². The van der Waals surface area contributed by atoms with Crippen molar-refractivity contribution in [1.29, 1.82) is 0 Å². The van der Waals surface area contributed by atoms with Gasteiger partial charge >= 0.3 is 0 Å². The fraction of sp³-hybridized carbons (Fsp3) is 0.545. The topological polar surface area (TPSA) is 43.3 Å². The van der Waals surface area contributed by atoms with E-state index < -0.39 is 0 Å². The Kier molecular flexibility index (Phi) is 3.18. The summed E-state index contributed by atoms with van der Waals surface area (Å²) in [7, 11) is 0. The second-order valence-electron chi connectivity index (χ2n) is 3.89. The van der Waals surface area contributed by atoms with Crippen LogP contribution in [0.25, 0.3) is 0 Å². The standard InChI is InChI=1S/C11H16N2O2/c1-9-2-4-13(11(14)6-9)8-10-7-12-3-5-15-10/h2,4,6,10,12H,3,5,7-8H2,1H3. The number of aryl methyl sites for hydroxylation is 1. The fourth-order valence-corrected chi connectivity index (χ4v) is 1.71. The summed E-state index contributed by atoms with van der Waals surface area (Å²) in [5.41, 5.74) is 1.04. The zero-order chi connectivity index (χ0) is 10.7. The molecule has 0 bridgehead atoms. The Balaban J connectivity index is 2.06. The molecule has 0 radical (unpaired) electrons. The highest BCUT2D eigenvalue weighted by Gasteiger charge is 2.13. The molecule has 82 valence electrons. The van der Waals surface area contributed by atoms with Crippen LogP contribution in [0.1, 0.15) is 5.56 Å². The molecule has 0 aliphatic carbocycles. The summed E-state index contributed by atoms with van der Waals surface area (Å²) in [6.45, 7) is 5.00. The van der Waals surface area contributed by atoms with E-state index in [2.05, 4.69) is 5.32 Å². The molecule has 1 N–H and O–H groups in total. The number of hydrogen-bond donors (Lipinski definition) is 1. The summed E-state index contributed by atoms with van der Waals surface area (Å²) in [5, 5.41) is 3.25. The molecule has 2 heterocycles. The van der Waals surface area contributed by atoms with E-state index in [-0.39, 0.29) is 11.7 Å². The minimum Gasteiger partial charge on any atom is -0.374 e. The lowest BCUT2D eigenvalue weighted by Crippen LogP contribution is -2.42. The molecule has 1 atom stereocenters. The normalized spacial score (nSPS) is 21.5. The molecule has 0 aromatic carbocycles. The van der Waals surface area contributed by atoms with E-state index in [1.165, 1.54) is 0 Å². The van der Waals surface area contributed by atoms with Crippen LogP contribution in [-0.2, 0) is 11.3 Å². The van der Waals surface area contributed by atoms with Crippen molar-refractivity contribution in [2.24, 2.45) is 0 Å². The van der Waals surface area contributed by atoms with E-state index in [1.54, 1.807) is 10.6 Å². The van der Waals surface area contributed by atoms with Gasteiger partial charge in [0.05, 0.1) is 19.3 Å². The molecule has 15 heavy (non-hydrogen) atoms. The van der Waals surface area contributed by atoms with E-state index in [9.17, 15) is 4.79 Å². The monoisotopic (exact) mass is 208 g/mol. The highest BCUT2D eigenvalue weighted by Crippen LogP contribution is 1.99. The Labute approximate surface area is 88.9 Å². The minimum absolute atomic E-state index is 0.0455. The van der Waals surface area contributed by atoms with Crippen LogP contribution in [0.4, 0.5) is 0 Å². The van der Waals surface area contributed by atoms with Gasteiger partial charge in [0.2, 0.25) is 0 Å². The van der Waals surface area contributed by atoms with Gasteiger partial charge in [-0.15, -0.1) is 0 Å². The fourth-order valence-electron chi connectivity index (χ4n) is 1.71. The number of nitrogens with zero attached hydrogens (tertiary/aromatic N) is 1. The molecule has 1 aliphatic heterocycles. The van der Waals surface area contributed by atoms with E-state index >= 15 is 0 Å². The van der Waals surface area contributed by atoms with Crippen LogP contribution in [0.3, 0.4) is 0 Å². The molecule has 1 unspecified atom stereocenters. The largest absolute Gasteiger partial charge is 0.374 e. The number of hydrogen-bond acceptors (Lipinski definition) is 3. The third kappa shape index (κ3) is 2.67. The van der Waals surface area contributed by atoms with Gasteiger partial charge in [-0.3, -0.25) is 4.79 Å². The quantitative estimate of drug-likeness (QED) is 0.752. The Morgan fingerprint density at radius 3 is 3.20 bits per heavy atom. The Morgan fingerprint density at radius 2 is 2.53 bits per heavy atom. The van der Waals surface area contributed by atoms with E-state index in [1.807, 2.05) is 19.2 Å². The maximum absolute atomic E-state index is 11.6. The molecule has 1 saturated heterocycles. The van der Waals surface area contributed by atoms with Gasteiger partial charge in [0.25, 0.3) is 5.56 Å². The second kappa shape index (κ2) is 4.59. The van der Waals surface area contributed by atoms with Gasteiger partial charge in [0.1, 0.15) is 0 Å². The zero-order valence-electron chi connectivity index (χ0n) is 8.90. The van der Waals surface area contributed by atoms with Crippen molar-refractivity contribution >= 4 is 0 Å². The SMILES string of the molecule is Cc1ccn(CC2CNCCO2)c(=O)c1. The number of morpholine rings is 1. The van der Waals surface area contributed by atoms with Crippen molar-refractivity contribution in [3.63, 3.8) is 0 Å². The summed E-state index contributed by atoms with van der Waals surface area (Å²) in [6.07, 6.45) is 1.94. The van der Waals surface area contributed by atoms with Crippen molar-refractivity contribution in [3.8, 4) is 0 Å². The average molecular weight is 208 g/mol. The molecule has 0 spiro atoms. The van der Waals surface area contributed by atoms with Crippen molar-refractivity contribution in [2.75, 3.05) is 19.7 Å². The molecular formula is C11H16N2O2. The molecule has 1 fully saturated rings. The predicted octanol–water partition coefficient (Wildman–Crippen LogP) is 0.145. The number of aromatic nitrogens is 1. The molecule has 4 nitrogen and oxygen atoms in total. The third-order valence-corrected chi connectivity index (χ3v) is 2.56. The van der Waals surface area contributed by atoms with Crippen molar-refractivity contribution in [1.82, 2.24) is 9.88 Å². The van der Waals surface area contributed by atoms with Crippen LogP contribution in [0.2, 0.25) is 0 Å². The summed E-state index contributed by atoms with van der Waals surface area (Å²) in [5.74, 6) is 0. The Hall–Kier alpha value is -1.13. The molecule has 1 aliphatic rings. The van der Waals surface area contributed by atoms with Gasteiger partial charge in [-0.2, -0.15) is 0 Å². The first-order valence-corrected chi connectivity index (χ1v) is 5.25. The summed E-state index contributed by atoms with van der Waals surface area (Å²) < 4.78 is 7.24. The molecule has 4 heteroatoms. The first-order valence-electron chi connectivity index (χ1n) is 5.25. The van der Waals surface area contributed by atoms with Crippen LogP contribution < -0.4 is 10.9 Å². The van der Waals surface area contributed by atoms with E-state index in [0.717, 1.165) is 25.3 Å². The molecular weight excluding hydrogens is 192 g/mol. The van der Waals surface area contributed by atoms with Crippen molar-refractivity contribution < 1.29 is 4.74 Å². The highest BCUT2D eigenvalue weighted by molar-refractivity contribution is 5.08. The summed E-state index contributed by atoms with van der Waals surface area (Å²) >= 11 is 0. The first kappa shape index (κ1) is 10.4. The first-order chi connectivity index (χ1) is 7.25. The van der Waals surface area contributed by atoms with Gasteiger partial charge in [0.15, 0.2) is 0 Å². The van der Waals surface area contributed by atoms with Crippen molar-refractivity contribution in [3.05, 3.63) is 34.2 Å². The van der Waals surface area contributed by atoms with E-state index in [4.69, 9.17) is 4.74 Å². The lowest BCUT2D eigenvalue weighted by Gasteiger charge is -2.24. The third-order valence-electron chi connectivity index (χ3n) is 2.56. The van der Waals surface area contributed by atoms with Gasteiger partial charge in [-0.1, -0.05) is 0 Å². The zero-order valence-corrected chi connectivity index (χ0v) is 8.90. The average Bonchev–Trinajstić information content (AvgIpc) is 2.24. The molecule has 2 rings (SSSR count). The number of nitrogens with one attached hydrogen (secondary N) is 1. The Morgan fingerprint density at radius 1 is 1.67 bits per heavy atom. The van der Waals surface area contributed by atoms with Gasteiger partial charge in [-0.05, 0) is 18.6 Å². The minimum atomic E-state index is 0.0455. The molecule has 1 aromatic heterocycles. The molecule has 1 aromatic rings. The highest BCUT2D eigenvalue weighted by atomic mass is 16.5. The number of pyridine rings is 1. The van der Waals surface area contributed by atoms with E-state index in [0.29, 0.717) is 6.54 Å². The van der Waals surface area contributed by atoms with Crippen LogP contribution in [0.5, 0.6) is 0 Å². The number of ether oxygens (including phenoxy) is 1. The summed E-state index contributed by atoms with van der Waals surface area (Å²) in [4.78, 5) is 11.6. The Bertz CT molecular complexity index is 380. The molecule has 0 saturated carbocycles. The smallest absolute Gasteiger partial charge is 0.250 e. The van der Waals surface area contributed by atoms with Gasteiger partial charge in [0, 0.05) is 25.4 Å². The molecule has 0 amide bonds. The van der Waals surface area contributed by atoms with Crippen LogP contribution in [0, 0.1) is 6.92 Å². The lowest BCUT2D eigenvalue weighted by molar-refractivity contribution is 0.0176. The van der Waals surface area contributed by atoms with Gasteiger partial charge < -0.3 is 14.6 Å². The van der Waals surface area contributed by atoms with Crippen LogP contribution in [0.15, 0.2) is 23.1 Å². The maximum Gasteiger partial charge on any atom is 0.250 e.